The van der Waals surface area contributed by atoms with Crippen molar-refractivity contribution in [3.63, 3.8) is 0 Å². The highest BCUT2D eigenvalue weighted by Gasteiger charge is 2.32. The normalized spacial score (nSPS) is 21.0. The van der Waals surface area contributed by atoms with E-state index < -0.39 is 0 Å². The van der Waals surface area contributed by atoms with Gasteiger partial charge in [0.05, 0.1) is 0 Å². The van der Waals surface area contributed by atoms with Crippen LogP contribution in [0.5, 0.6) is 0 Å². The molecule has 0 aromatic heterocycles. The number of hydrogen-bond donors (Lipinski definition) is 0. The molecule has 4 aliphatic carbocycles. The third-order valence-corrected chi connectivity index (χ3v) is 8.71. The fraction of sp³-hybridized carbons (Fsp3) is 0.105. The van der Waals surface area contributed by atoms with E-state index in [0.717, 1.165) is 12.8 Å². The lowest BCUT2D eigenvalue weighted by molar-refractivity contribution is 0.618. The van der Waals surface area contributed by atoms with E-state index >= 15 is 0 Å². The van der Waals surface area contributed by atoms with E-state index in [9.17, 15) is 0 Å². The average Bonchev–Trinajstić information content (AvgIpc) is 2.99. The Labute approximate surface area is 224 Å². The molecule has 2 unspecified atom stereocenters. The Kier molecular flexibility index (Phi) is 4.88. The first kappa shape index (κ1) is 21.6. The fourth-order valence-electron chi connectivity index (χ4n) is 7.08. The van der Waals surface area contributed by atoms with Gasteiger partial charge in [0.2, 0.25) is 0 Å². The van der Waals surface area contributed by atoms with Crippen LogP contribution in [0.1, 0.15) is 23.1 Å². The van der Waals surface area contributed by atoms with Crippen LogP contribution in [0, 0.1) is 11.8 Å². The number of benzene rings is 4. The second kappa shape index (κ2) is 8.57. The molecular formula is C38H28. The first-order valence-electron chi connectivity index (χ1n) is 13.8. The van der Waals surface area contributed by atoms with Crippen LogP contribution in [0.4, 0.5) is 0 Å². The molecular weight excluding hydrogens is 456 g/mol. The summed E-state index contributed by atoms with van der Waals surface area (Å²) in [4.78, 5) is 0. The second-order valence-electron chi connectivity index (χ2n) is 10.7. The molecule has 8 rings (SSSR count). The Morgan fingerprint density at radius 2 is 1.34 bits per heavy atom. The Morgan fingerprint density at radius 1 is 0.605 bits per heavy atom. The van der Waals surface area contributed by atoms with Crippen LogP contribution in [0.3, 0.4) is 0 Å². The molecule has 0 fully saturated rings. The van der Waals surface area contributed by atoms with Crippen LogP contribution < -0.4 is 0 Å². The molecule has 0 amide bonds. The maximum atomic E-state index is 2.47. The number of fused-ring (bicyclic) bond motifs is 6. The second-order valence-corrected chi connectivity index (χ2v) is 10.7. The van der Waals surface area contributed by atoms with E-state index in [4.69, 9.17) is 0 Å². The van der Waals surface area contributed by atoms with Crippen LogP contribution in [0.2, 0.25) is 0 Å². The molecule has 0 saturated carbocycles. The van der Waals surface area contributed by atoms with E-state index in [1.807, 2.05) is 0 Å². The maximum Gasteiger partial charge on any atom is 0.0131 e. The zero-order valence-corrected chi connectivity index (χ0v) is 21.3. The first-order valence-corrected chi connectivity index (χ1v) is 13.8. The molecule has 180 valence electrons. The van der Waals surface area contributed by atoms with Gasteiger partial charge in [0.25, 0.3) is 0 Å². The SMILES string of the molecule is C1=CC2=CC(c3c4c(c(-c5cccc6ccccc56)c5ccccc35)CCC=C4)=C3C=CC=CC3C2C=C1. The van der Waals surface area contributed by atoms with Gasteiger partial charge < -0.3 is 0 Å². The van der Waals surface area contributed by atoms with Gasteiger partial charge in [-0.3, -0.25) is 0 Å². The number of rotatable bonds is 2. The van der Waals surface area contributed by atoms with E-state index in [-0.39, 0.29) is 0 Å². The van der Waals surface area contributed by atoms with Crippen molar-refractivity contribution in [3.05, 3.63) is 155 Å². The fourth-order valence-corrected chi connectivity index (χ4v) is 7.08. The minimum atomic E-state index is 0.371. The Morgan fingerprint density at radius 3 is 2.24 bits per heavy atom. The largest absolute Gasteiger partial charge is 0.0836 e. The molecule has 2 atom stereocenters. The minimum absolute atomic E-state index is 0.371. The molecule has 0 radical (unpaired) electrons. The van der Waals surface area contributed by atoms with Crippen molar-refractivity contribution in [2.24, 2.45) is 11.8 Å². The molecule has 0 bridgehead atoms. The van der Waals surface area contributed by atoms with Crippen molar-refractivity contribution in [2.45, 2.75) is 12.8 Å². The van der Waals surface area contributed by atoms with Gasteiger partial charge >= 0.3 is 0 Å². The van der Waals surface area contributed by atoms with Gasteiger partial charge in [-0.1, -0.05) is 134 Å². The van der Waals surface area contributed by atoms with Crippen LogP contribution in [-0.2, 0) is 6.42 Å². The van der Waals surface area contributed by atoms with E-state index in [1.165, 1.54) is 66.1 Å². The third kappa shape index (κ3) is 3.17. The van der Waals surface area contributed by atoms with Crippen molar-refractivity contribution >= 4 is 33.2 Å². The summed E-state index contributed by atoms with van der Waals surface area (Å²) in [6.45, 7) is 0. The van der Waals surface area contributed by atoms with Crippen molar-refractivity contribution in [1.29, 1.82) is 0 Å². The molecule has 4 aromatic rings. The summed E-state index contributed by atoms with van der Waals surface area (Å²) in [5.41, 5.74) is 11.2. The predicted molar refractivity (Wildman–Crippen MR) is 163 cm³/mol. The zero-order valence-electron chi connectivity index (χ0n) is 21.3. The van der Waals surface area contributed by atoms with Gasteiger partial charge in [-0.15, -0.1) is 0 Å². The average molecular weight is 485 g/mol. The van der Waals surface area contributed by atoms with Gasteiger partial charge in [-0.05, 0) is 78.9 Å². The van der Waals surface area contributed by atoms with Gasteiger partial charge in [0.1, 0.15) is 0 Å². The number of hydrogen-bond acceptors (Lipinski definition) is 0. The van der Waals surface area contributed by atoms with E-state index in [0.29, 0.717) is 11.8 Å². The molecule has 0 N–H and O–H groups in total. The third-order valence-electron chi connectivity index (χ3n) is 8.71. The molecule has 38 heavy (non-hydrogen) atoms. The highest BCUT2D eigenvalue weighted by molar-refractivity contribution is 6.13. The summed E-state index contributed by atoms with van der Waals surface area (Å²) in [7, 11) is 0. The lowest BCUT2D eigenvalue weighted by Crippen LogP contribution is -2.21. The molecule has 0 heterocycles. The highest BCUT2D eigenvalue weighted by Crippen LogP contribution is 2.49. The molecule has 0 spiro atoms. The monoisotopic (exact) mass is 484 g/mol. The summed E-state index contributed by atoms with van der Waals surface area (Å²) in [5, 5.41) is 5.32. The van der Waals surface area contributed by atoms with Crippen LogP contribution in [-0.4, -0.2) is 0 Å². The smallest absolute Gasteiger partial charge is 0.0131 e. The molecule has 4 aliphatic rings. The molecule has 0 nitrogen and oxygen atoms in total. The van der Waals surface area contributed by atoms with E-state index in [1.54, 1.807) is 0 Å². The summed E-state index contributed by atoms with van der Waals surface area (Å²) in [6.07, 6.45) is 27.6. The van der Waals surface area contributed by atoms with Crippen molar-refractivity contribution < 1.29 is 0 Å². The summed E-state index contributed by atoms with van der Waals surface area (Å²) >= 11 is 0. The molecule has 0 aliphatic heterocycles. The Balaban J connectivity index is 1.50. The van der Waals surface area contributed by atoms with Crippen molar-refractivity contribution in [3.8, 4) is 11.1 Å². The standard InChI is InChI=1S/C38H28/c1-3-15-27-25(12-1)14-11-23-31(27)37-32-19-7-9-21-34(32)38(35-22-10-8-20-33(35)37)36-24-26-13-2-4-16-28(26)29-17-5-6-18-30(29)36/h1-7,9-19,21-24,28-29H,8,20H2. The lowest BCUT2D eigenvalue weighted by Gasteiger charge is -2.35. The minimum Gasteiger partial charge on any atom is -0.0836 e. The van der Waals surface area contributed by atoms with Gasteiger partial charge in [-0.25, -0.2) is 0 Å². The first-order chi connectivity index (χ1) is 18.9. The maximum absolute atomic E-state index is 2.47. The van der Waals surface area contributed by atoms with Crippen LogP contribution >= 0.6 is 0 Å². The van der Waals surface area contributed by atoms with Crippen molar-refractivity contribution in [2.75, 3.05) is 0 Å². The molecule has 4 aromatic carbocycles. The van der Waals surface area contributed by atoms with E-state index in [2.05, 4.69) is 134 Å². The van der Waals surface area contributed by atoms with Gasteiger partial charge in [-0.2, -0.15) is 0 Å². The van der Waals surface area contributed by atoms with Crippen LogP contribution in [0.15, 0.2) is 139 Å². The lowest BCUT2D eigenvalue weighted by atomic mass is 9.69. The topological polar surface area (TPSA) is 0 Å². The van der Waals surface area contributed by atoms with Crippen molar-refractivity contribution in [1.82, 2.24) is 0 Å². The molecule has 0 saturated heterocycles. The van der Waals surface area contributed by atoms with Crippen LogP contribution in [0.25, 0.3) is 44.3 Å². The Bertz CT molecular complexity index is 1860. The zero-order chi connectivity index (χ0) is 25.1. The van der Waals surface area contributed by atoms with Gasteiger partial charge in [0, 0.05) is 11.8 Å². The number of allylic oxidation sites excluding steroid dienone is 13. The highest BCUT2D eigenvalue weighted by atomic mass is 14.4. The quantitative estimate of drug-likeness (QED) is 0.266. The van der Waals surface area contributed by atoms with Gasteiger partial charge in [0.15, 0.2) is 0 Å². The summed E-state index contributed by atoms with van der Waals surface area (Å²) in [6, 6.07) is 24.7. The molecule has 0 heteroatoms. The Hall–Kier alpha value is -4.42. The predicted octanol–water partition coefficient (Wildman–Crippen LogP) is 9.80. The summed E-state index contributed by atoms with van der Waals surface area (Å²) in [5.74, 6) is 0.781. The summed E-state index contributed by atoms with van der Waals surface area (Å²) < 4.78 is 0.